The quantitative estimate of drug-likeness (QED) is 0.675. The van der Waals surface area contributed by atoms with Crippen LogP contribution in [0.25, 0.3) is 0 Å². The largest absolute Gasteiger partial charge is 0.462 e. The Hall–Kier alpha value is -0.930. The predicted molar refractivity (Wildman–Crippen MR) is 68.5 cm³/mol. The van der Waals surface area contributed by atoms with E-state index in [0.29, 0.717) is 12.3 Å². The zero-order valence-electron chi connectivity index (χ0n) is 9.21. The topological polar surface area (TPSA) is 52.3 Å². The molecule has 0 spiro atoms. The summed E-state index contributed by atoms with van der Waals surface area (Å²) in [4.78, 5) is 11.8. The highest BCUT2D eigenvalue weighted by molar-refractivity contribution is 6.44. The summed E-state index contributed by atoms with van der Waals surface area (Å²) in [5, 5.41) is 0.457. The summed E-state index contributed by atoms with van der Waals surface area (Å²) in [6, 6.07) is 2.98. The van der Waals surface area contributed by atoms with Crippen molar-refractivity contribution in [3.8, 4) is 0 Å². The number of carbonyl (C=O) groups is 1. The summed E-state index contributed by atoms with van der Waals surface area (Å²) in [5.74, 6) is 0.257. The summed E-state index contributed by atoms with van der Waals surface area (Å²) >= 11 is 11.8. The molecule has 1 fully saturated rings. The van der Waals surface area contributed by atoms with Gasteiger partial charge in [-0.05, 0) is 24.5 Å². The fourth-order valence-electron chi connectivity index (χ4n) is 1.56. The molecule has 0 amide bonds. The van der Waals surface area contributed by atoms with Crippen molar-refractivity contribution in [2.45, 2.75) is 19.3 Å². The molecule has 2 rings (SSSR count). The number of hydrogen-bond donors (Lipinski definition) is 1. The Morgan fingerprint density at radius 1 is 1.41 bits per heavy atom. The van der Waals surface area contributed by atoms with Gasteiger partial charge in [0.25, 0.3) is 0 Å². The zero-order chi connectivity index (χ0) is 12.4. The Kier molecular flexibility index (Phi) is 3.79. The van der Waals surface area contributed by atoms with Crippen LogP contribution in [0.2, 0.25) is 10.0 Å². The van der Waals surface area contributed by atoms with Crippen LogP contribution >= 0.6 is 23.2 Å². The van der Waals surface area contributed by atoms with E-state index < -0.39 is 5.97 Å². The summed E-state index contributed by atoms with van der Waals surface area (Å²) in [5.41, 5.74) is 6.23. The molecule has 0 heterocycles. The fourth-order valence-corrected chi connectivity index (χ4v) is 1.98. The maximum Gasteiger partial charge on any atom is 0.339 e. The van der Waals surface area contributed by atoms with Gasteiger partial charge in [0.1, 0.15) is 0 Å². The molecule has 1 aliphatic rings. The van der Waals surface area contributed by atoms with Crippen molar-refractivity contribution in [1.29, 1.82) is 0 Å². The molecule has 3 nitrogen and oxygen atoms in total. The third-order valence-electron chi connectivity index (χ3n) is 2.73. The van der Waals surface area contributed by atoms with Crippen LogP contribution in [0, 0.1) is 5.92 Å². The van der Waals surface area contributed by atoms with Gasteiger partial charge in [0.15, 0.2) is 0 Å². The lowest BCUT2D eigenvalue weighted by atomic mass is 10.2. The first-order valence-electron chi connectivity index (χ1n) is 5.49. The second kappa shape index (κ2) is 5.15. The molecule has 1 saturated carbocycles. The van der Waals surface area contributed by atoms with E-state index in [2.05, 4.69) is 0 Å². The van der Waals surface area contributed by atoms with E-state index >= 15 is 0 Å². The Balaban J connectivity index is 2.01. The third-order valence-corrected chi connectivity index (χ3v) is 3.53. The van der Waals surface area contributed by atoms with E-state index in [0.717, 1.165) is 12.3 Å². The number of rotatable bonds is 4. The van der Waals surface area contributed by atoms with Gasteiger partial charge in [-0.25, -0.2) is 4.79 Å². The second-order valence-corrected chi connectivity index (χ2v) is 5.02. The lowest BCUT2D eigenvalue weighted by Crippen LogP contribution is -2.08. The molecule has 1 aliphatic carbocycles. The van der Waals surface area contributed by atoms with Crippen molar-refractivity contribution < 1.29 is 9.53 Å². The second-order valence-electron chi connectivity index (χ2n) is 4.23. The molecular formula is C12H13Cl2NO2. The first kappa shape index (κ1) is 12.5. The van der Waals surface area contributed by atoms with Gasteiger partial charge in [-0.15, -0.1) is 0 Å². The maximum absolute atomic E-state index is 11.8. The standard InChI is InChI=1S/C12H13Cl2NO2/c13-10-6-8(15)5-9(11(10)14)12(16)17-4-3-7-1-2-7/h5-7H,1-4,15H2. The van der Waals surface area contributed by atoms with Gasteiger partial charge in [0.05, 0.1) is 22.2 Å². The number of benzene rings is 1. The first-order chi connectivity index (χ1) is 8.08. The number of esters is 1. The van der Waals surface area contributed by atoms with Crippen molar-refractivity contribution in [2.24, 2.45) is 5.92 Å². The molecule has 1 aromatic carbocycles. The summed E-state index contributed by atoms with van der Waals surface area (Å²) < 4.78 is 5.13. The number of anilines is 1. The first-order valence-corrected chi connectivity index (χ1v) is 6.25. The third kappa shape index (κ3) is 3.27. The normalized spacial score (nSPS) is 14.7. The highest BCUT2D eigenvalue weighted by atomic mass is 35.5. The average Bonchev–Trinajstić information content (AvgIpc) is 3.07. The van der Waals surface area contributed by atoms with Crippen molar-refractivity contribution in [1.82, 2.24) is 0 Å². The van der Waals surface area contributed by atoms with Crippen LogP contribution in [0.15, 0.2) is 12.1 Å². The summed E-state index contributed by atoms with van der Waals surface area (Å²) in [6.07, 6.45) is 3.39. The molecule has 0 unspecified atom stereocenters. The number of nitrogens with two attached hydrogens (primary N) is 1. The van der Waals surface area contributed by atoms with E-state index in [-0.39, 0.29) is 15.6 Å². The van der Waals surface area contributed by atoms with Gasteiger partial charge in [-0.2, -0.15) is 0 Å². The lowest BCUT2D eigenvalue weighted by molar-refractivity contribution is 0.0495. The number of halogens is 2. The molecule has 1 aromatic rings. The predicted octanol–water partition coefficient (Wildman–Crippen LogP) is 3.53. The number of hydrogen-bond acceptors (Lipinski definition) is 3. The Morgan fingerprint density at radius 3 is 2.76 bits per heavy atom. The molecular weight excluding hydrogens is 261 g/mol. The maximum atomic E-state index is 11.8. The van der Waals surface area contributed by atoms with Crippen LogP contribution in [0.1, 0.15) is 29.6 Å². The van der Waals surface area contributed by atoms with Crippen molar-refractivity contribution >= 4 is 34.9 Å². The molecule has 2 N–H and O–H groups in total. The smallest absolute Gasteiger partial charge is 0.339 e. The fraction of sp³-hybridized carbons (Fsp3) is 0.417. The molecule has 5 heteroatoms. The van der Waals surface area contributed by atoms with E-state index in [1.54, 1.807) is 0 Å². The van der Waals surface area contributed by atoms with E-state index in [1.165, 1.54) is 25.0 Å². The van der Waals surface area contributed by atoms with Crippen LogP contribution in [-0.2, 0) is 4.74 Å². The number of carbonyl (C=O) groups excluding carboxylic acids is 1. The van der Waals surface area contributed by atoms with Crippen molar-refractivity contribution in [2.75, 3.05) is 12.3 Å². The van der Waals surface area contributed by atoms with Gasteiger partial charge >= 0.3 is 5.97 Å². The highest BCUT2D eigenvalue weighted by Crippen LogP contribution is 2.33. The monoisotopic (exact) mass is 273 g/mol. The molecule has 0 bridgehead atoms. The minimum atomic E-state index is -0.468. The Bertz CT molecular complexity index is 444. The number of nitrogen functional groups attached to an aromatic ring is 1. The van der Waals surface area contributed by atoms with Crippen LogP contribution in [0.4, 0.5) is 5.69 Å². The van der Waals surface area contributed by atoms with Crippen molar-refractivity contribution in [3.63, 3.8) is 0 Å². The molecule has 0 aromatic heterocycles. The molecule has 17 heavy (non-hydrogen) atoms. The van der Waals surface area contributed by atoms with Gasteiger partial charge < -0.3 is 10.5 Å². The Morgan fingerprint density at radius 2 is 2.12 bits per heavy atom. The van der Waals surface area contributed by atoms with E-state index in [9.17, 15) is 4.79 Å². The molecule has 0 aliphatic heterocycles. The van der Waals surface area contributed by atoms with Crippen LogP contribution in [0.3, 0.4) is 0 Å². The molecule has 92 valence electrons. The lowest BCUT2D eigenvalue weighted by Gasteiger charge is -2.08. The van der Waals surface area contributed by atoms with Crippen LogP contribution in [0.5, 0.6) is 0 Å². The Labute approximate surface area is 110 Å². The SMILES string of the molecule is Nc1cc(Cl)c(Cl)c(C(=O)OCCC2CC2)c1. The van der Waals surface area contributed by atoms with Gasteiger partial charge in [0.2, 0.25) is 0 Å². The van der Waals surface area contributed by atoms with Crippen LogP contribution in [-0.4, -0.2) is 12.6 Å². The van der Waals surface area contributed by atoms with Crippen molar-refractivity contribution in [3.05, 3.63) is 27.7 Å². The minimum Gasteiger partial charge on any atom is -0.462 e. The van der Waals surface area contributed by atoms with E-state index in [1.807, 2.05) is 0 Å². The summed E-state index contributed by atoms with van der Waals surface area (Å²) in [7, 11) is 0. The average molecular weight is 274 g/mol. The van der Waals surface area contributed by atoms with Crippen LogP contribution < -0.4 is 5.73 Å². The van der Waals surface area contributed by atoms with Gasteiger partial charge in [-0.1, -0.05) is 36.0 Å². The molecule has 0 atom stereocenters. The highest BCUT2D eigenvalue weighted by Gasteiger charge is 2.22. The number of ether oxygens (including phenoxy) is 1. The summed E-state index contributed by atoms with van der Waals surface area (Å²) in [6.45, 7) is 0.423. The zero-order valence-corrected chi connectivity index (χ0v) is 10.7. The van der Waals surface area contributed by atoms with Gasteiger partial charge in [0, 0.05) is 5.69 Å². The van der Waals surface area contributed by atoms with E-state index in [4.69, 9.17) is 33.7 Å². The molecule has 0 saturated heterocycles. The molecule has 0 radical (unpaired) electrons. The van der Waals surface area contributed by atoms with Gasteiger partial charge in [-0.3, -0.25) is 0 Å². The minimum absolute atomic E-state index is 0.192.